The topological polar surface area (TPSA) is 57.4 Å². The van der Waals surface area contributed by atoms with Gasteiger partial charge in [-0.3, -0.25) is 4.79 Å². The molecule has 1 aliphatic rings. The summed E-state index contributed by atoms with van der Waals surface area (Å²) in [5.41, 5.74) is 3.88. The van der Waals surface area contributed by atoms with E-state index in [0.29, 0.717) is 23.8 Å². The monoisotopic (exact) mass is 435 g/mol. The molecule has 162 valence electrons. The number of hydrogen-bond acceptors (Lipinski definition) is 3. The van der Waals surface area contributed by atoms with E-state index in [-0.39, 0.29) is 11.7 Å². The summed E-state index contributed by atoms with van der Waals surface area (Å²) in [6.45, 7) is 4.69. The van der Waals surface area contributed by atoms with Crippen LogP contribution in [0.4, 0.5) is 0 Å². The van der Waals surface area contributed by atoms with Gasteiger partial charge in [0.05, 0.1) is 18.2 Å². The Balaban J connectivity index is 1.49. The summed E-state index contributed by atoms with van der Waals surface area (Å²) in [5.74, 6) is 0. The number of benzene rings is 2. The molecule has 5 nitrogen and oxygen atoms in total. The SMILES string of the molecule is Cc1cccc2cc(CN(CC3CCCO3)C(=S)NCCc3ccccc3)c(=O)[nH]c12. The molecule has 1 unspecified atom stereocenters. The summed E-state index contributed by atoms with van der Waals surface area (Å²) >= 11 is 5.73. The molecule has 0 aliphatic carbocycles. The Morgan fingerprint density at radius 2 is 2.06 bits per heavy atom. The van der Waals surface area contributed by atoms with Crippen LogP contribution < -0.4 is 10.9 Å². The molecule has 2 heterocycles. The lowest BCUT2D eigenvalue weighted by atomic mass is 10.1. The quantitative estimate of drug-likeness (QED) is 0.551. The zero-order valence-corrected chi connectivity index (χ0v) is 18.7. The van der Waals surface area contributed by atoms with Crippen molar-refractivity contribution >= 4 is 28.2 Å². The lowest BCUT2D eigenvalue weighted by Crippen LogP contribution is -2.44. The van der Waals surface area contributed by atoms with Crippen molar-refractivity contribution in [3.05, 3.63) is 81.6 Å². The third-order valence-electron chi connectivity index (χ3n) is 5.79. The summed E-state index contributed by atoms with van der Waals surface area (Å²) in [4.78, 5) is 17.9. The second-order valence-electron chi connectivity index (χ2n) is 8.15. The van der Waals surface area contributed by atoms with Gasteiger partial charge in [0.2, 0.25) is 0 Å². The zero-order valence-electron chi connectivity index (χ0n) is 17.9. The maximum Gasteiger partial charge on any atom is 0.253 e. The average molecular weight is 436 g/mol. The molecule has 1 atom stereocenters. The zero-order chi connectivity index (χ0) is 21.6. The number of para-hydroxylation sites is 1. The average Bonchev–Trinajstić information content (AvgIpc) is 3.28. The van der Waals surface area contributed by atoms with E-state index in [1.807, 2.05) is 49.4 Å². The number of H-pyrrole nitrogens is 1. The van der Waals surface area contributed by atoms with Gasteiger partial charge in [-0.05, 0) is 61.0 Å². The lowest BCUT2D eigenvalue weighted by Gasteiger charge is -2.28. The molecule has 2 aromatic carbocycles. The van der Waals surface area contributed by atoms with Crippen LogP contribution in [-0.4, -0.2) is 40.8 Å². The standard InChI is InChI=1S/C25H29N3O2S/c1-18-7-5-10-20-15-21(24(29)27-23(18)20)16-28(17-22-11-6-14-30-22)25(31)26-13-12-19-8-3-2-4-9-19/h2-5,7-10,15,22H,6,11-14,16-17H2,1H3,(H,26,31)(H,27,29). The van der Waals surface area contributed by atoms with Crippen LogP contribution in [-0.2, 0) is 17.7 Å². The largest absolute Gasteiger partial charge is 0.376 e. The van der Waals surface area contributed by atoms with E-state index in [2.05, 4.69) is 27.3 Å². The van der Waals surface area contributed by atoms with Gasteiger partial charge >= 0.3 is 0 Å². The predicted octanol–water partition coefficient (Wildman–Crippen LogP) is 3.93. The highest BCUT2D eigenvalue weighted by molar-refractivity contribution is 7.80. The minimum Gasteiger partial charge on any atom is -0.376 e. The van der Waals surface area contributed by atoms with Crippen LogP contribution in [0, 0.1) is 6.92 Å². The maximum absolute atomic E-state index is 12.8. The van der Waals surface area contributed by atoms with Crippen molar-refractivity contribution in [3.8, 4) is 0 Å². The summed E-state index contributed by atoms with van der Waals surface area (Å²) in [5, 5.41) is 5.08. The molecule has 1 fully saturated rings. The van der Waals surface area contributed by atoms with Crippen LogP contribution in [0.5, 0.6) is 0 Å². The number of ether oxygens (including phenoxy) is 1. The van der Waals surface area contributed by atoms with E-state index < -0.39 is 0 Å². The van der Waals surface area contributed by atoms with Crippen LogP contribution in [0.15, 0.2) is 59.4 Å². The van der Waals surface area contributed by atoms with Crippen molar-refractivity contribution in [3.63, 3.8) is 0 Å². The molecule has 1 saturated heterocycles. The van der Waals surface area contributed by atoms with Crippen molar-refractivity contribution in [2.75, 3.05) is 19.7 Å². The fourth-order valence-corrected chi connectivity index (χ4v) is 4.32. The third-order valence-corrected chi connectivity index (χ3v) is 6.20. The van der Waals surface area contributed by atoms with Crippen LogP contribution in [0.1, 0.15) is 29.5 Å². The number of fused-ring (bicyclic) bond motifs is 1. The van der Waals surface area contributed by atoms with Gasteiger partial charge in [-0.25, -0.2) is 0 Å². The van der Waals surface area contributed by atoms with Crippen LogP contribution in [0.25, 0.3) is 10.9 Å². The molecule has 4 rings (SSSR count). The number of hydrogen-bond donors (Lipinski definition) is 2. The number of nitrogens with one attached hydrogen (secondary N) is 2. The smallest absolute Gasteiger partial charge is 0.253 e. The number of rotatable bonds is 7. The van der Waals surface area contributed by atoms with Crippen molar-refractivity contribution in [1.29, 1.82) is 0 Å². The van der Waals surface area contributed by atoms with E-state index >= 15 is 0 Å². The number of thiocarbonyl (C=S) groups is 1. The fourth-order valence-electron chi connectivity index (χ4n) is 4.08. The van der Waals surface area contributed by atoms with Crippen LogP contribution >= 0.6 is 12.2 Å². The van der Waals surface area contributed by atoms with Crippen molar-refractivity contribution in [2.24, 2.45) is 0 Å². The minimum atomic E-state index is -0.0637. The Morgan fingerprint density at radius 3 is 2.84 bits per heavy atom. The van der Waals surface area contributed by atoms with E-state index in [0.717, 1.165) is 48.9 Å². The number of aryl methyl sites for hydroxylation is 1. The summed E-state index contributed by atoms with van der Waals surface area (Å²) < 4.78 is 5.85. The maximum atomic E-state index is 12.8. The van der Waals surface area contributed by atoms with Gasteiger partial charge in [0.15, 0.2) is 5.11 Å². The molecule has 31 heavy (non-hydrogen) atoms. The molecule has 6 heteroatoms. The molecule has 1 aromatic heterocycles. The van der Waals surface area contributed by atoms with Gasteiger partial charge in [0.25, 0.3) is 5.56 Å². The number of aromatic nitrogens is 1. The first-order chi connectivity index (χ1) is 15.1. The number of pyridine rings is 1. The van der Waals surface area contributed by atoms with E-state index in [9.17, 15) is 4.79 Å². The molecule has 2 N–H and O–H groups in total. The normalized spacial score (nSPS) is 15.8. The van der Waals surface area contributed by atoms with E-state index in [1.54, 1.807) is 0 Å². The molecule has 0 amide bonds. The fraction of sp³-hybridized carbons (Fsp3) is 0.360. The van der Waals surface area contributed by atoms with E-state index in [1.165, 1.54) is 5.56 Å². The second-order valence-corrected chi connectivity index (χ2v) is 8.53. The Morgan fingerprint density at radius 1 is 1.23 bits per heavy atom. The molecule has 0 bridgehead atoms. The molecule has 0 radical (unpaired) electrons. The highest BCUT2D eigenvalue weighted by Gasteiger charge is 2.22. The first-order valence-electron chi connectivity index (χ1n) is 10.9. The lowest BCUT2D eigenvalue weighted by molar-refractivity contribution is 0.0897. The molecule has 0 saturated carbocycles. The van der Waals surface area contributed by atoms with Crippen molar-refractivity contribution in [2.45, 2.75) is 38.8 Å². The number of nitrogens with zero attached hydrogens (tertiary/aromatic N) is 1. The Hall–Kier alpha value is -2.70. The van der Waals surface area contributed by atoms with Gasteiger partial charge in [-0.1, -0.05) is 48.5 Å². The molecular weight excluding hydrogens is 406 g/mol. The van der Waals surface area contributed by atoms with Gasteiger partial charge in [-0.2, -0.15) is 0 Å². The first kappa shape index (κ1) is 21.5. The molecular formula is C25H29N3O2S. The van der Waals surface area contributed by atoms with Gasteiger partial charge in [0.1, 0.15) is 0 Å². The number of aromatic amines is 1. The molecule has 1 aliphatic heterocycles. The molecule has 0 spiro atoms. The second kappa shape index (κ2) is 10.1. The predicted molar refractivity (Wildman–Crippen MR) is 129 cm³/mol. The summed E-state index contributed by atoms with van der Waals surface area (Å²) in [6.07, 6.45) is 3.14. The highest BCUT2D eigenvalue weighted by Crippen LogP contribution is 2.18. The van der Waals surface area contributed by atoms with Crippen molar-refractivity contribution < 1.29 is 4.74 Å². The Bertz CT molecular complexity index is 1090. The Kier molecular flexibility index (Phi) is 6.99. The van der Waals surface area contributed by atoms with Crippen molar-refractivity contribution in [1.82, 2.24) is 15.2 Å². The van der Waals surface area contributed by atoms with Crippen LogP contribution in [0.2, 0.25) is 0 Å². The summed E-state index contributed by atoms with van der Waals surface area (Å²) in [6, 6.07) is 18.4. The van der Waals surface area contributed by atoms with Gasteiger partial charge in [-0.15, -0.1) is 0 Å². The third kappa shape index (κ3) is 5.51. The first-order valence-corrected chi connectivity index (χ1v) is 11.3. The highest BCUT2D eigenvalue weighted by atomic mass is 32.1. The minimum absolute atomic E-state index is 0.0637. The Labute approximate surface area is 188 Å². The summed E-state index contributed by atoms with van der Waals surface area (Å²) in [7, 11) is 0. The van der Waals surface area contributed by atoms with Gasteiger partial charge < -0.3 is 19.9 Å². The van der Waals surface area contributed by atoms with E-state index in [4.69, 9.17) is 17.0 Å². The van der Waals surface area contributed by atoms with Gasteiger partial charge in [0, 0.05) is 25.3 Å². The molecule has 3 aromatic rings. The van der Waals surface area contributed by atoms with Crippen LogP contribution in [0.3, 0.4) is 0 Å².